The maximum atomic E-state index is 5.70. The second-order valence-electron chi connectivity index (χ2n) is 8.18. The van der Waals surface area contributed by atoms with E-state index in [1.807, 2.05) is 13.8 Å². The summed E-state index contributed by atoms with van der Waals surface area (Å²) in [6, 6.07) is 9.21. The van der Waals surface area contributed by atoms with E-state index in [4.69, 9.17) is 9.47 Å². The predicted molar refractivity (Wildman–Crippen MR) is 110 cm³/mol. The Morgan fingerprint density at radius 1 is 0.885 bits per heavy atom. The Balaban J connectivity index is 1.53. The monoisotopic (exact) mass is 361 g/mol. The molecule has 0 aliphatic carbocycles. The van der Waals surface area contributed by atoms with Gasteiger partial charge in [0.25, 0.3) is 0 Å². The molecule has 0 amide bonds. The van der Waals surface area contributed by atoms with Crippen LogP contribution in [0.2, 0.25) is 0 Å². The smallest absolute Gasteiger partial charge is 0.162 e. The lowest BCUT2D eigenvalue weighted by Gasteiger charge is -2.35. The summed E-state index contributed by atoms with van der Waals surface area (Å²) >= 11 is 0. The minimum Gasteiger partial charge on any atom is -0.350 e. The number of rotatable bonds is 12. The van der Waals surface area contributed by atoms with Crippen LogP contribution in [-0.2, 0) is 22.3 Å². The maximum absolute atomic E-state index is 5.70. The minimum absolute atomic E-state index is 0.409. The van der Waals surface area contributed by atoms with Gasteiger partial charge in [-0.25, -0.2) is 0 Å². The van der Waals surface area contributed by atoms with E-state index < -0.39 is 5.79 Å². The van der Waals surface area contributed by atoms with Crippen LogP contribution in [0.4, 0.5) is 0 Å². The number of hydrogen-bond acceptors (Lipinski definition) is 3. The molecule has 0 aromatic heterocycles. The molecule has 1 aromatic rings. The van der Waals surface area contributed by atoms with Gasteiger partial charge in [0.05, 0.1) is 13.2 Å². The highest BCUT2D eigenvalue weighted by Crippen LogP contribution is 2.19. The van der Waals surface area contributed by atoms with Crippen molar-refractivity contribution in [3.8, 4) is 0 Å². The molecule has 1 saturated heterocycles. The quantitative estimate of drug-likeness (QED) is 0.524. The molecular weight excluding hydrogens is 322 g/mol. The highest BCUT2D eigenvalue weighted by molar-refractivity contribution is 5.22. The van der Waals surface area contributed by atoms with Gasteiger partial charge in [-0.3, -0.25) is 0 Å². The van der Waals surface area contributed by atoms with Crippen LogP contribution in [0.1, 0.15) is 70.4 Å². The van der Waals surface area contributed by atoms with Crippen molar-refractivity contribution < 1.29 is 9.47 Å². The van der Waals surface area contributed by atoms with E-state index in [2.05, 4.69) is 36.5 Å². The first-order valence-electron chi connectivity index (χ1n) is 10.7. The van der Waals surface area contributed by atoms with Crippen LogP contribution in [0, 0.1) is 5.92 Å². The summed E-state index contributed by atoms with van der Waals surface area (Å²) in [4.78, 5) is 0. The third-order valence-corrected chi connectivity index (χ3v) is 5.20. The normalized spacial score (nSPS) is 17.5. The summed E-state index contributed by atoms with van der Waals surface area (Å²) in [7, 11) is 0. The first-order valence-corrected chi connectivity index (χ1v) is 10.7. The van der Waals surface area contributed by atoms with Gasteiger partial charge in [-0.05, 0) is 50.8 Å². The van der Waals surface area contributed by atoms with Crippen LogP contribution in [0.15, 0.2) is 24.3 Å². The van der Waals surface area contributed by atoms with Gasteiger partial charge in [0.15, 0.2) is 5.79 Å². The first-order chi connectivity index (χ1) is 12.6. The summed E-state index contributed by atoms with van der Waals surface area (Å²) < 4.78 is 11.4. The molecule has 0 radical (unpaired) electrons. The summed E-state index contributed by atoms with van der Waals surface area (Å²) in [5, 5.41) is 3.54. The molecule has 3 nitrogen and oxygen atoms in total. The molecule has 0 atom stereocenters. The van der Waals surface area contributed by atoms with Crippen molar-refractivity contribution in [2.24, 2.45) is 5.92 Å². The summed E-state index contributed by atoms with van der Waals surface area (Å²) in [5.74, 6) is 0.0519. The largest absolute Gasteiger partial charge is 0.350 e. The number of benzene rings is 1. The molecule has 0 saturated carbocycles. The number of aryl methyl sites for hydroxylation is 1. The average Bonchev–Trinajstić information content (AvgIpc) is 2.64. The molecule has 0 unspecified atom stereocenters. The third kappa shape index (κ3) is 8.66. The van der Waals surface area contributed by atoms with Crippen LogP contribution in [0.25, 0.3) is 0 Å². The number of unbranched alkanes of at least 4 members (excludes halogenated alkanes) is 5. The summed E-state index contributed by atoms with van der Waals surface area (Å²) in [6.07, 6.45) is 10.5. The molecule has 1 heterocycles. The highest BCUT2D eigenvalue weighted by Gasteiger charge is 2.27. The topological polar surface area (TPSA) is 30.5 Å². The zero-order valence-corrected chi connectivity index (χ0v) is 17.2. The van der Waals surface area contributed by atoms with E-state index >= 15 is 0 Å². The molecule has 1 aliphatic heterocycles. The van der Waals surface area contributed by atoms with Gasteiger partial charge in [0, 0.05) is 12.5 Å². The van der Waals surface area contributed by atoms with Gasteiger partial charge in [-0.1, -0.05) is 63.3 Å². The van der Waals surface area contributed by atoms with Crippen LogP contribution in [0.5, 0.6) is 0 Å². The molecule has 1 fully saturated rings. The Morgan fingerprint density at radius 2 is 1.46 bits per heavy atom. The van der Waals surface area contributed by atoms with Crippen molar-refractivity contribution >= 4 is 0 Å². The van der Waals surface area contributed by atoms with Crippen molar-refractivity contribution in [3.05, 3.63) is 35.4 Å². The lowest BCUT2D eigenvalue weighted by Crippen LogP contribution is -2.42. The zero-order valence-electron chi connectivity index (χ0n) is 17.2. The van der Waals surface area contributed by atoms with Crippen LogP contribution in [0.3, 0.4) is 0 Å². The van der Waals surface area contributed by atoms with Gasteiger partial charge in [-0.15, -0.1) is 0 Å². The van der Waals surface area contributed by atoms with Crippen molar-refractivity contribution in [2.75, 3.05) is 26.3 Å². The standard InChI is InChI=1S/C23H39NO2/c1-4-5-6-7-8-9-10-20-11-13-21(14-12-20)15-16-24-17-22-18-25-23(2,3)26-19-22/h11-14,22,24H,4-10,15-19H2,1-3H3. The van der Waals surface area contributed by atoms with Crippen molar-refractivity contribution in [1.29, 1.82) is 0 Å². The Hall–Kier alpha value is -0.900. The number of nitrogens with one attached hydrogen (secondary N) is 1. The van der Waals surface area contributed by atoms with E-state index in [1.54, 1.807) is 0 Å². The first kappa shape index (κ1) is 21.4. The summed E-state index contributed by atoms with van der Waals surface area (Å²) in [6.45, 7) is 9.78. The van der Waals surface area contributed by atoms with Crippen molar-refractivity contribution in [2.45, 2.75) is 77.9 Å². The summed E-state index contributed by atoms with van der Waals surface area (Å²) in [5.41, 5.74) is 2.90. The average molecular weight is 362 g/mol. The Labute approximate surface area is 160 Å². The molecule has 1 aliphatic rings. The lowest BCUT2D eigenvalue weighted by atomic mass is 10.0. The Kier molecular flexibility index (Phi) is 9.66. The minimum atomic E-state index is -0.409. The fraction of sp³-hybridized carbons (Fsp3) is 0.739. The third-order valence-electron chi connectivity index (χ3n) is 5.20. The van der Waals surface area contributed by atoms with Gasteiger partial charge >= 0.3 is 0 Å². The van der Waals surface area contributed by atoms with Crippen LogP contribution in [-0.4, -0.2) is 32.1 Å². The molecule has 2 rings (SSSR count). The Bertz CT molecular complexity index is 473. The second kappa shape index (κ2) is 11.7. The van der Waals surface area contributed by atoms with Crippen molar-refractivity contribution in [1.82, 2.24) is 5.32 Å². The molecule has 1 aromatic carbocycles. The molecule has 148 valence electrons. The van der Waals surface area contributed by atoms with E-state index in [0.29, 0.717) is 5.92 Å². The maximum Gasteiger partial charge on any atom is 0.162 e. The van der Waals surface area contributed by atoms with Gasteiger partial charge in [0.1, 0.15) is 0 Å². The molecule has 0 spiro atoms. The fourth-order valence-corrected chi connectivity index (χ4v) is 3.37. The van der Waals surface area contributed by atoms with E-state index in [9.17, 15) is 0 Å². The number of hydrogen-bond donors (Lipinski definition) is 1. The molecular formula is C23H39NO2. The van der Waals surface area contributed by atoms with Gasteiger partial charge in [0.2, 0.25) is 0 Å². The number of ether oxygens (including phenoxy) is 2. The second-order valence-corrected chi connectivity index (χ2v) is 8.18. The van der Waals surface area contributed by atoms with Crippen LogP contribution >= 0.6 is 0 Å². The zero-order chi connectivity index (χ0) is 18.7. The van der Waals surface area contributed by atoms with E-state index in [0.717, 1.165) is 32.7 Å². The molecule has 26 heavy (non-hydrogen) atoms. The van der Waals surface area contributed by atoms with Crippen molar-refractivity contribution in [3.63, 3.8) is 0 Å². The van der Waals surface area contributed by atoms with Gasteiger partial charge < -0.3 is 14.8 Å². The van der Waals surface area contributed by atoms with E-state index in [1.165, 1.54) is 56.1 Å². The van der Waals surface area contributed by atoms with Crippen LogP contribution < -0.4 is 5.32 Å². The fourth-order valence-electron chi connectivity index (χ4n) is 3.37. The molecule has 3 heteroatoms. The highest BCUT2D eigenvalue weighted by atomic mass is 16.7. The Morgan fingerprint density at radius 3 is 2.12 bits per heavy atom. The SMILES string of the molecule is CCCCCCCCc1ccc(CCNCC2COC(C)(C)OC2)cc1. The van der Waals surface area contributed by atoms with E-state index in [-0.39, 0.29) is 0 Å². The molecule has 0 bridgehead atoms. The lowest BCUT2D eigenvalue weighted by molar-refractivity contribution is -0.261. The molecule has 1 N–H and O–H groups in total. The van der Waals surface area contributed by atoms with Gasteiger partial charge in [-0.2, -0.15) is 0 Å². The predicted octanol–water partition coefficient (Wildman–Crippen LogP) is 5.12.